The van der Waals surface area contributed by atoms with Gasteiger partial charge in [-0.3, -0.25) is 15.0 Å². The van der Waals surface area contributed by atoms with Crippen molar-refractivity contribution in [3.8, 4) is 0 Å². The number of rotatable bonds is 27. The van der Waals surface area contributed by atoms with Gasteiger partial charge in [0.1, 0.15) is 0 Å². The van der Waals surface area contributed by atoms with Gasteiger partial charge in [0.25, 0.3) is 0 Å². The summed E-state index contributed by atoms with van der Waals surface area (Å²) in [6.45, 7) is 4.39. The van der Waals surface area contributed by atoms with Crippen LogP contribution in [0, 0.1) is 0 Å². The van der Waals surface area contributed by atoms with Crippen molar-refractivity contribution in [3.05, 3.63) is 91.0 Å². The second kappa shape index (κ2) is 27.5. The summed E-state index contributed by atoms with van der Waals surface area (Å²) in [6, 6.07) is 29.5. The van der Waals surface area contributed by atoms with Gasteiger partial charge in [-0.2, -0.15) is 15.0 Å². The fourth-order valence-electron chi connectivity index (χ4n) is 5.71. The molecule has 0 atom stereocenters. The van der Waals surface area contributed by atoms with Crippen LogP contribution in [-0.4, -0.2) is 72.1 Å². The first-order chi connectivity index (χ1) is 28.0. The Hall–Kier alpha value is -6.12. The molecule has 12 N–H and O–H groups in total. The molecule has 1 heterocycles. The molecule has 4 aromatic rings. The lowest BCUT2D eigenvalue weighted by atomic mass is 10.2. The Balaban J connectivity index is 1.13. The molecule has 306 valence electrons. The van der Waals surface area contributed by atoms with Gasteiger partial charge in [0.2, 0.25) is 17.8 Å². The number of hydrogen-bond donors (Lipinski definition) is 9. The maximum absolute atomic E-state index is 6.02. The number of guanidine groups is 3. The average molecular weight is 778 g/mol. The molecule has 15 heteroatoms. The Kier molecular flexibility index (Phi) is 21.0. The van der Waals surface area contributed by atoms with Crippen LogP contribution < -0.4 is 49.1 Å². The number of nitrogens with two attached hydrogens (primary N) is 3. The fraction of sp³-hybridized carbons (Fsp3) is 0.429. The standard InChI is InChI=1S/C42H63N15/c43-37(52-34-22-10-7-11-23-34)46-28-16-1-4-19-31-49-40-55-41(50-32-20-5-2-17-29-47-38(44)53-35-24-12-8-13-25-35)57-42(56-40)51-33-21-6-3-18-30-48-39(45)54-36-26-14-9-15-27-36/h7-15,22-27H,1-6,16-21,28-33H2,(H3,43,46,52)(H3,44,47,53)(H3,45,48,54)(H3,49,50,51,55,56,57). The summed E-state index contributed by atoms with van der Waals surface area (Å²) in [5, 5.41) is 19.6. The van der Waals surface area contributed by atoms with Crippen molar-refractivity contribution in [2.24, 2.45) is 32.2 Å². The molecule has 0 spiro atoms. The SMILES string of the molecule is NC(=NCCCCCCNc1nc(NCCCCCCN=C(N)Nc2ccccc2)nc(NCCCCCCN=C(N)Nc2ccccc2)n1)Nc1ccccc1. The molecule has 0 radical (unpaired) electrons. The third-order valence-electron chi connectivity index (χ3n) is 8.72. The lowest BCUT2D eigenvalue weighted by molar-refractivity contribution is 0.657. The fourth-order valence-corrected chi connectivity index (χ4v) is 5.71. The van der Waals surface area contributed by atoms with Gasteiger partial charge in [0.05, 0.1) is 0 Å². The highest BCUT2D eigenvalue weighted by Crippen LogP contribution is 2.13. The van der Waals surface area contributed by atoms with Crippen molar-refractivity contribution in [2.75, 3.05) is 71.2 Å². The summed E-state index contributed by atoms with van der Waals surface area (Å²) in [4.78, 5) is 27.3. The molecule has 0 aliphatic heterocycles. The summed E-state index contributed by atoms with van der Waals surface area (Å²) >= 11 is 0. The molecular formula is C42H63N15. The second-order valence-corrected chi connectivity index (χ2v) is 13.6. The van der Waals surface area contributed by atoms with E-state index < -0.39 is 0 Å². The van der Waals surface area contributed by atoms with E-state index >= 15 is 0 Å². The average Bonchev–Trinajstić information content (AvgIpc) is 3.22. The number of anilines is 6. The van der Waals surface area contributed by atoms with Crippen LogP contribution >= 0.6 is 0 Å². The second-order valence-electron chi connectivity index (χ2n) is 13.6. The van der Waals surface area contributed by atoms with Gasteiger partial charge in [-0.05, 0) is 74.9 Å². The van der Waals surface area contributed by atoms with Crippen LogP contribution in [0.5, 0.6) is 0 Å². The van der Waals surface area contributed by atoms with E-state index in [1.807, 2.05) is 91.0 Å². The lowest BCUT2D eigenvalue weighted by Gasteiger charge is -2.11. The number of aromatic nitrogens is 3. The highest BCUT2D eigenvalue weighted by Gasteiger charge is 2.07. The Labute approximate surface area is 338 Å². The van der Waals surface area contributed by atoms with Crippen LogP contribution in [0.3, 0.4) is 0 Å². The number of para-hydroxylation sites is 3. The molecule has 0 unspecified atom stereocenters. The summed E-state index contributed by atoms with van der Waals surface area (Å²) < 4.78 is 0. The first-order valence-electron chi connectivity index (χ1n) is 20.4. The Bertz CT molecular complexity index is 1520. The number of benzene rings is 3. The van der Waals surface area contributed by atoms with Crippen LogP contribution in [0.1, 0.15) is 77.0 Å². The topological polar surface area (TPSA) is 226 Å². The molecule has 0 fully saturated rings. The summed E-state index contributed by atoms with van der Waals surface area (Å²) in [7, 11) is 0. The third kappa shape index (κ3) is 20.4. The normalized spacial score (nSPS) is 11.9. The predicted octanol–water partition coefficient (Wildman–Crippen LogP) is 7.07. The minimum Gasteiger partial charge on any atom is -0.370 e. The minimum atomic E-state index is 0.443. The van der Waals surface area contributed by atoms with Gasteiger partial charge in [-0.1, -0.05) is 93.1 Å². The number of unbranched alkanes of at least 4 members (excludes halogenated alkanes) is 9. The first-order valence-corrected chi connectivity index (χ1v) is 20.4. The number of aliphatic imine (C=N–C) groups is 3. The highest BCUT2D eigenvalue weighted by molar-refractivity contribution is 5.93. The van der Waals surface area contributed by atoms with Gasteiger partial charge in [-0.15, -0.1) is 0 Å². The zero-order valence-corrected chi connectivity index (χ0v) is 33.3. The van der Waals surface area contributed by atoms with Crippen molar-refractivity contribution < 1.29 is 0 Å². The predicted molar refractivity (Wildman–Crippen MR) is 240 cm³/mol. The number of nitrogens with one attached hydrogen (secondary N) is 6. The van der Waals surface area contributed by atoms with Crippen LogP contribution in [0.15, 0.2) is 106 Å². The molecule has 4 rings (SSSR count). The van der Waals surface area contributed by atoms with Crippen LogP contribution in [0.2, 0.25) is 0 Å². The molecule has 3 aromatic carbocycles. The summed E-state index contributed by atoms with van der Waals surface area (Å²) in [5.74, 6) is 3.03. The van der Waals surface area contributed by atoms with E-state index in [9.17, 15) is 0 Å². The zero-order chi connectivity index (χ0) is 40.0. The molecule has 1 aromatic heterocycles. The van der Waals surface area contributed by atoms with Crippen molar-refractivity contribution in [2.45, 2.75) is 77.0 Å². The third-order valence-corrected chi connectivity index (χ3v) is 8.72. The van der Waals surface area contributed by atoms with Crippen LogP contribution in [0.25, 0.3) is 0 Å². The first kappa shape index (κ1) is 43.6. The van der Waals surface area contributed by atoms with Crippen molar-refractivity contribution >= 4 is 52.8 Å². The summed E-state index contributed by atoms with van der Waals surface area (Å²) in [6.07, 6.45) is 12.3. The van der Waals surface area contributed by atoms with Gasteiger partial charge in [0.15, 0.2) is 17.9 Å². The van der Waals surface area contributed by atoms with Crippen LogP contribution in [0.4, 0.5) is 34.9 Å². The van der Waals surface area contributed by atoms with E-state index in [4.69, 9.17) is 17.2 Å². The number of nitrogens with zero attached hydrogens (tertiary/aromatic N) is 6. The van der Waals surface area contributed by atoms with Crippen molar-refractivity contribution in [1.82, 2.24) is 15.0 Å². The van der Waals surface area contributed by atoms with Crippen LogP contribution in [-0.2, 0) is 0 Å². The van der Waals surface area contributed by atoms with Gasteiger partial charge >= 0.3 is 0 Å². The van der Waals surface area contributed by atoms with Gasteiger partial charge < -0.3 is 49.1 Å². The number of hydrogen-bond acceptors (Lipinski definition) is 9. The highest BCUT2D eigenvalue weighted by atomic mass is 15.3. The largest absolute Gasteiger partial charge is 0.370 e. The molecule has 0 saturated heterocycles. The van der Waals surface area contributed by atoms with Crippen molar-refractivity contribution in [1.29, 1.82) is 0 Å². The molecule has 0 aliphatic rings. The molecular weight excluding hydrogens is 715 g/mol. The Morgan fingerprint density at radius 1 is 0.368 bits per heavy atom. The maximum Gasteiger partial charge on any atom is 0.229 e. The van der Waals surface area contributed by atoms with Crippen molar-refractivity contribution in [3.63, 3.8) is 0 Å². The Morgan fingerprint density at radius 3 is 0.912 bits per heavy atom. The molecule has 0 bridgehead atoms. The van der Waals surface area contributed by atoms with E-state index in [1.165, 1.54) is 0 Å². The zero-order valence-electron chi connectivity index (χ0n) is 33.3. The van der Waals surface area contributed by atoms with E-state index in [0.717, 1.165) is 114 Å². The van der Waals surface area contributed by atoms with E-state index in [-0.39, 0.29) is 0 Å². The van der Waals surface area contributed by atoms with Gasteiger partial charge in [-0.25, -0.2) is 0 Å². The summed E-state index contributed by atoms with van der Waals surface area (Å²) in [5.41, 5.74) is 20.9. The maximum atomic E-state index is 6.02. The van der Waals surface area contributed by atoms with E-state index in [2.05, 4.69) is 61.8 Å². The molecule has 15 nitrogen and oxygen atoms in total. The smallest absolute Gasteiger partial charge is 0.229 e. The molecule has 0 aliphatic carbocycles. The molecule has 57 heavy (non-hydrogen) atoms. The molecule has 0 amide bonds. The minimum absolute atomic E-state index is 0.443. The molecule has 0 saturated carbocycles. The Morgan fingerprint density at radius 2 is 0.632 bits per heavy atom. The lowest BCUT2D eigenvalue weighted by Crippen LogP contribution is -2.22. The van der Waals surface area contributed by atoms with E-state index in [1.54, 1.807) is 0 Å². The monoisotopic (exact) mass is 778 g/mol. The quantitative estimate of drug-likeness (QED) is 0.0168. The van der Waals surface area contributed by atoms with E-state index in [0.29, 0.717) is 55.4 Å². The van der Waals surface area contributed by atoms with Gasteiger partial charge in [0, 0.05) is 56.3 Å².